The Morgan fingerprint density at radius 3 is 2.50 bits per heavy atom. The molecule has 16 heavy (non-hydrogen) atoms. The lowest BCUT2D eigenvalue weighted by atomic mass is 9.69. The van der Waals surface area contributed by atoms with E-state index in [0.717, 1.165) is 12.5 Å². The van der Waals surface area contributed by atoms with Gasteiger partial charge in [0.25, 0.3) is 0 Å². The van der Waals surface area contributed by atoms with Crippen LogP contribution in [0.3, 0.4) is 0 Å². The average molecular weight is 225 g/mol. The van der Waals surface area contributed by atoms with Crippen LogP contribution in [0, 0.1) is 11.8 Å². The molecule has 0 aromatic heterocycles. The molecule has 0 aromatic carbocycles. The quantitative estimate of drug-likeness (QED) is 0.754. The van der Waals surface area contributed by atoms with Gasteiger partial charge in [0.05, 0.1) is 5.60 Å². The fourth-order valence-corrected chi connectivity index (χ4v) is 3.28. The molecule has 0 aliphatic heterocycles. The molecule has 0 spiro atoms. The maximum atomic E-state index is 10.7. The Labute approximate surface area is 99.8 Å². The molecular formula is C14H27NO. The molecule has 2 nitrogen and oxygen atoms in total. The Morgan fingerprint density at radius 1 is 1.19 bits per heavy atom. The molecule has 94 valence electrons. The van der Waals surface area contributed by atoms with Gasteiger partial charge in [-0.3, -0.25) is 0 Å². The van der Waals surface area contributed by atoms with E-state index in [4.69, 9.17) is 0 Å². The van der Waals surface area contributed by atoms with E-state index in [0.29, 0.717) is 12.0 Å². The molecule has 3 atom stereocenters. The van der Waals surface area contributed by atoms with Gasteiger partial charge in [0.15, 0.2) is 0 Å². The van der Waals surface area contributed by atoms with Gasteiger partial charge in [-0.2, -0.15) is 0 Å². The lowest BCUT2D eigenvalue weighted by Gasteiger charge is -2.41. The first-order valence-corrected chi connectivity index (χ1v) is 7.09. The molecule has 2 saturated carbocycles. The highest BCUT2D eigenvalue weighted by atomic mass is 16.3. The van der Waals surface area contributed by atoms with Crippen molar-refractivity contribution in [2.24, 2.45) is 11.8 Å². The third kappa shape index (κ3) is 2.98. The van der Waals surface area contributed by atoms with E-state index < -0.39 is 5.60 Å². The highest BCUT2D eigenvalue weighted by Gasteiger charge is 2.38. The summed E-state index contributed by atoms with van der Waals surface area (Å²) in [5, 5.41) is 14.1. The Balaban J connectivity index is 1.89. The van der Waals surface area contributed by atoms with Crippen molar-refractivity contribution in [2.75, 3.05) is 6.54 Å². The van der Waals surface area contributed by atoms with E-state index in [1.807, 2.05) is 6.92 Å². The van der Waals surface area contributed by atoms with Gasteiger partial charge in [0.1, 0.15) is 0 Å². The molecule has 2 aliphatic carbocycles. The zero-order chi connectivity index (χ0) is 11.6. The molecule has 2 N–H and O–H groups in total. The molecule has 0 aromatic rings. The minimum absolute atomic E-state index is 0.496. The Kier molecular flexibility index (Phi) is 3.91. The zero-order valence-electron chi connectivity index (χ0n) is 10.8. The average Bonchev–Trinajstić information content (AvgIpc) is 3.10. The third-order valence-electron chi connectivity index (χ3n) is 4.56. The lowest BCUT2D eigenvalue weighted by Crippen LogP contribution is -2.48. The van der Waals surface area contributed by atoms with Gasteiger partial charge in [-0.25, -0.2) is 0 Å². The zero-order valence-corrected chi connectivity index (χ0v) is 10.8. The molecular weight excluding hydrogens is 198 g/mol. The fraction of sp³-hybridized carbons (Fsp3) is 1.00. The van der Waals surface area contributed by atoms with Crippen molar-refractivity contribution in [2.45, 2.75) is 70.4 Å². The summed E-state index contributed by atoms with van der Waals surface area (Å²) in [6.45, 7) is 5.10. The van der Waals surface area contributed by atoms with Gasteiger partial charge in [-0.05, 0) is 38.0 Å². The second-order valence-corrected chi connectivity index (χ2v) is 6.07. The summed E-state index contributed by atoms with van der Waals surface area (Å²) < 4.78 is 0. The predicted molar refractivity (Wildman–Crippen MR) is 67.4 cm³/mol. The van der Waals surface area contributed by atoms with Crippen LogP contribution in [0.2, 0.25) is 0 Å². The molecule has 0 heterocycles. The van der Waals surface area contributed by atoms with E-state index in [9.17, 15) is 5.11 Å². The largest absolute Gasteiger partial charge is 0.389 e. The van der Waals surface area contributed by atoms with Crippen LogP contribution in [-0.4, -0.2) is 23.3 Å². The number of rotatable bonds is 5. The molecule has 0 bridgehead atoms. The summed E-state index contributed by atoms with van der Waals surface area (Å²) >= 11 is 0. The van der Waals surface area contributed by atoms with Crippen molar-refractivity contribution in [1.29, 1.82) is 0 Å². The van der Waals surface area contributed by atoms with Crippen LogP contribution in [0.5, 0.6) is 0 Å². The van der Waals surface area contributed by atoms with E-state index in [1.165, 1.54) is 44.9 Å². The molecule has 3 unspecified atom stereocenters. The highest BCUT2D eigenvalue weighted by Crippen LogP contribution is 2.39. The summed E-state index contributed by atoms with van der Waals surface area (Å²) in [5.41, 5.74) is -0.496. The maximum absolute atomic E-state index is 10.7. The number of hydrogen-bond donors (Lipinski definition) is 2. The SMILES string of the molecule is CCC1CCCCC1C(C)(O)CNC1CC1. The smallest absolute Gasteiger partial charge is 0.0774 e. The molecule has 0 radical (unpaired) electrons. The highest BCUT2D eigenvalue weighted by molar-refractivity contribution is 4.93. The minimum Gasteiger partial charge on any atom is -0.389 e. The van der Waals surface area contributed by atoms with Crippen molar-refractivity contribution in [3.05, 3.63) is 0 Å². The fourth-order valence-electron chi connectivity index (χ4n) is 3.28. The van der Waals surface area contributed by atoms with Crippen molar-refractivity contribution in [3.8, 4) is 0 Å². The van der Waals surface area contributed by atoms with Gasteiger partial charge >= 0.3 is 0 Å². The minimum atomic E-state index is -0.496. The number of aliphatic hydroxyl groups is 1. The van der Waals surface area contributed by atoms with E-state index in [1.54, 1.807) is 0 Å². The summed E-state index contributed by atoms with van der Waals surface area (Å²) in [5.74, 6) is 1.25. The normalized spacial score (nSPS) is 34.7. The molecule has 0 amide bonds. The van der Waals surface area contributed by atoms with Crippen molar-refractivity contribution in [1.82, 2.24) is 5.32 Å². The summed E-state index contributed by atoms with van der Waals surface area (Å²) in [7, 11) is 0. The van der Waals surface area contributed by atoms with Crippen LogP contribution >= 0.6 is 0 Å². The van der Waals surface area contributed by atoms with Crippen molar-refractivity contribution < 1.29 is 5.11 Å². The van der Waals surface area contributed by atoms with E-state index in [2.05, 4.69) is 12.2 Å². The topological polar surface area (TPSA) is 32.3 Å². The first-order chi connectivity index (χ1) is 7.63. The third-order valence-corrected chi connectivity index (χ3v) is 4.56. The van der Waals surface area contributed by atoms with Crippen LogP contribution in [0.1, 0.15) is 58.8 Å². The Morgan fingerprint density at radius 2 is 1.88 bits per heavy atom. The molecule has 2 heteroatoms. The van der Waals surface area contributed by atoms with Crippen molar-refractivity contribution in [3.63, 3.8) is 0 Å². The Hall–Kier alpha value is -0.0800. The molecule has 2 aliphatic rings. The van der Waals surface area contributed by atoms with Crippen LogP contribution < -0.4 is 5.32 Å². The Bertz CT molecular complexity index is 223. The number of hydrogen-bond acceptors (Lipinski definition) is 2. The van der Waals surface area contributed by atoms with Gasteiger partial charge < -0.3 is 10.4 Å². The second kappa shape index (κ2) is 5.05. The standard InChI is InChI=1S/C14H27NO/c1-3-11-6-4-5-7-13(11)14(2,16)10-15-12-8-9-12/h11-13,15-16H,3-10H2,1-2H3. The molecule has 2 fully saturated rings. The predicted octanol–water partition coefficient (Wildman–Crippen LogP) is 2.71. The van der Waals surface area contributed by atoms with E-state index in [-0.39, 0.29) is 0 Å². The van der Waals surface area contributed by atoms with Crippen LogP contribution in [0.4, 0.5) is 0 Å². The summed E-state index contributed by atoms with van der Waals surface area (Å²) in [4.78, 5) is 0. The van der Waals surface area contributed by atoms with Crippen molar-refractivity contribution >= 4 is 0 Å². The van der Waals surface area contributed by atoms with Gasteiger partial charge in [-0.1, -0.05) is 32.6 Å². The van der Waals surface area contributed by atoms with Crippen LogP contribution in [-0.2, 0) is 0 Å². The molecule has 0 saturated heterocycles. The lowest BCUT2D eigenvalue weighted by molar-refractivity contribution is -0.0422. The van der Waals surface area contributed by atoms with E-state index >= 15 is 0 Å². The second-order valence-electron chi connectivity index (χ2n) is 6.07. The van der Waals surface area contributed by atoms with Crippen LogP contribution in [0.15, 0.2) is 0 Å². The van der Waals surface area contributed by atoms with Gasteiger partial charge in [-0.15, -0.1) is 0 Å². The first-order valence-electron chi connectivity index (χ1n) is 7.09. The summed E-state index contributed by atoms with van der Waals surface area (Å²) in [6.07, 6.45) is 9.04. The van der Waals surface area contributed by atoms with Gasteiger partial charge in [0.2, 0.25) is 0 Å². The first kappa shape index (κ1) is 12.4. The maximum Gasteiger partial charge on any atom is 0.0774 e. The monoisotopic (exact) mass is 225 g/mol. The van der Waals surface area contributed by atoms with Crippen LogP contribution in [0.25, 0.3) is 0 Å². The summed E-state index contributed by atoms with van der Waals surface area (Å²) in [6, 6.07) is 0.704. The molecule has 2 rings (SSSR count). The van der Waals surface area contributed by atoms with Gasteiger partial charge in [0, 0.05) is 12.6 Å². The number of nitrogens with one attached hydrogen (secondary N) is 1.